The van der Waals surface area contributed by atoms with E-state index in [2.05, 4.69) is 33.5 Å². The van der Waals surface area contributed by atoms with Gasteiger partial charge in [-0.15, -0.1) is 0 Å². The van der Waals surface area contributed by atoms with Gasteiger partial charge in [-0.05, 0) is 45.2 Å². The first-order valence-corrected chi connectivity index (χ1v) is 6.73. The third kappa shape index (κ3) is 1.76. The molecule has 0 aliphatic carbocycles. The minimum atomic E-state index is 0.591. The van der Waals surface area contributed by atoms with Gasteiger partial charge in [0.05, 0.1) is 5.52 Å². The lowest BCUT2D eigenvalue weighted by molar-refractivity contribution is 0.481. The molecular formula is C14H20N4. The molecule has 0 aromatic carbocycles. The molecule has 0 saturated carbocycles. The first-order chi connectivity index (χ1) is 8.66. The van der Waals surface area contributed by atoms with Gasteiger partial charge in [0.25, 0.3) is 0 Å². The summed E-state index contributed by atoms with van der Waals surface area (Å²) in [7, 11) is 2.04. The number of imidazole rings is 1. The van der Waals surface area contributed by atoms with Gasteiger partial charge < -0.3 is 9.47 Å². The summed E-state index contributed by atoms with van der Waals surface area (Å²) in [6, 6.07) is 4.86. The Morgan fingerprint density at radius 2 is 2.06 bits per heavy atom. The van der Waals surface area contributed by atoms with E-state index in [0.29, 0.717) is 6.04 Å². The van der Waals surface area contributed by atoms with Gasteiger partial charge in [-0.1, -0.05) is 0 Å². The van der Waals surface area contributed by atoms with Crippen molar-refractivity contribution in [3.63, 3.8) is 0 Å². The second-order valence-corrected chi connectivity index (χ2v) is 5.27. The monoisotopic (exact) mass is 244 g/mol. The first kappa shape index (κ1) is 11.5. The van der Waals surface area contributed by atoms with Crippen LogP contribution >= 0.6 is 0 Å². The molecule has 3 heterocycles. The van der Waals surface area contributed by atoms with Crippen molar-refractivity contribution in [2.24, 2.45) is 7.05 Å². The maximum Gasteiger partial charge on any atom is 0.179 e. The number of nitrogens with zero attached hydrogens (tertiary/aromatic N) is 4. The fraction of sp³-hybridized carbons (Fsp3) is 0.571. The van der Waals surface area contributed by atoms with E-state index >= 15 is 0 Å². The molecule has 0 N–H and O–H groups in total. The summed E-state index contributed by atoms with van der Waals surface area (Å²) < 4.78 is 2.09. The number of hydrogen-bond donors (Lipinski definition) is 0. The van der Waals surface area contributed by atoms with E-state index in [1.54, 1.807) is 0 Å². The SMILES string of the molecule is Cc1nc2nc(N3CCCCC3C)ccc2n1C. The van der Waals surface area contributed by atoms with E-state index in [-0.39, 0.29) is 0 Å². The van der Waals surface area contributed by atoms with Crippen LogP contribution in [0.2, 0.25) is 0 Å². The Bertz CT molecular complexity index is 572. The van der Waals surface area contributed by atoms with Crippen LogP contribution < -0.4 is 4.90 Å². The number of hydrogen-bond acceptors (Lipinski definition) is 3. The number of anilines is 1. The fourth-order valence-electron chi connectivity index (χ4n) is 2.78. The molecule has 96 valence electrons. The normalized spacial score (nSPS) is 20.6. The van der Waals surface area contributed by atoms with Crippen molar-refractivity contribution in [2.45, 2.75) is 39.2 Å². The Labute approximate surface area is 108 Å². The van der Waals surface area contributed by atoms with Crippen LogP contribution in [0.25, 0.3) is 11.2 Å². The Kier molecular flexibility index (Phi) is 2.73. The third-order valence-corrected chi connectivity index (χ3v) is 4.05. The number of fused-ring (bicyclic) bond motifs is 1. The highest BCUT2D eigenvalue weighted by atomic mass is 15.2. The molecule has 2 aromatic rings. The smallest absolute Gasteiger partial charge is 0.179 e. The van der Waals surface area contributed by atoms with Crippen LogP contribution in [0, 0.1) is 6.92 Å². The van der Waals surface area contributed by atoms with E-state index in [4.69, 9.17) is 4.98 Å². The van der Waals surface area contributed by atoms with Gasteiger partial charge in [-0.3, -0.25) is 0 Å². The van der Waals surface area contributed by atoms with Crippen LogP contribution in [0.5, 0.6) is 0 Å². The summed E-state index contributed by atoms with van der Waals surface area (Å²) in [6.45, 7) is 5.42. The fourth-order valence-corrected chi connectivity index (χ4v) is 2.78. The third-order valence-electron chi connectivity index (χ3n) is 4.05. The Morgan fingerprint density at radius 1 is 1.22 bits per heavy atom. The van der Waals surface area contributed by atoms with Crippen LogP contribution in [0.3, 0.4) is 0 Å². The lowest BCUT2D eigenvalue weighted by Crippen LogP contribution is -2.37. The maximum atomic E-state index is 4.72. The van der Waals surface area contributed by atoms with Crippen LogP contribution in [-0.4, -0.2) is 27.1 Å². The molecule has 1 aliphatic heterocycles. The zero-order valence-corrected chi connectivity index (χ0v) is 11.3. The van der Waals surface area contributed by atoms with Crippen molar-refractivity contribution in [3.05, 3.63) is 18.0 Å². The molecule has 0 amide bonds. The molecule has 0 radical (unpaired) electrons. The van der Waals surface area contributed by atoms with Gasteiger partial charge in [-0.25, -0.2) is 9.97 Å². The minimum Gasteiger partial charge on any atom is -0.354 e. The second kappa shape index (κ2) is 4.26. The summed E-state index contributed by atoms with van der Waals surface area (Å²) >= 11 is 0. The lowest BCUT2D eigenvalue weighted by atomic mass is 10.0. The molecule has 4 heteroatoms. The van der Waals surface area contributed by atoms with Gasteiger partial charge in [0.15, 0.2) is 5.65 Å². The molecule has 1 atom stereocenters. The van der Waals surface area contributed by atoms with Gasteiger partial charge in [0.2, 0.25) is 0 Å². The summed E-state index contributed by atoms with van der Waals surface area (Å²) in [6.07, 6.45) is 3.87. The summed E-state index contributed by atoms with van der Waals surface area (Å²) in [5, 5.41) is 0. The van der Waals surface area contributed by atoms with Crippen molar-refractivity contribution in [3.8, 4) is 0 Å². The van der Waals surface area contributed by atoms with Crippen molar-refractivity contribution in [2.75, 3.05) is 11.4 Å². The average molecular weight is 244 g/mol. The van der Waals surface area contributed by atoms with E-state index in [0.717, 1.165) is 29.4 Å². The molecule has 0 bridgehead atoms. The predicted molar refractivity (Wildman–Crippen MR) is 73.9 cm³/mol. The summed E-state index contributed by atoms with van der Waals surface area (Å²) in [5.41, 5.74) is 1.98. The van der Waals surface area contributed by atoms with Crippen LogP contribution in [-0.2, 0) is 7.05 Å². The molecule has 1 unspecified atom stereocenters. The van der Waals surface area contributed by atoms with Crippen LogP contribution in [0.4, 0.5) is 5.82 Å². The van der Waals surface area contributed by atoms with Crippen LogP contribution in [0.15, 0.2) is 12.1 Å². The topological polar surface area (TPSA) is 34.0 Å². The number of piperidine rings is 1. The van der Waals surface area contributed by atoms with Crippen molar-refractivity contribution < 1.29 is 0 Å². The molecule has 4 nitrogen and oxygen atoms in total. The number of rotatable bonds is 1. The Balaban J connectivity index is 2.02. The Morgan fingerprint density at radius 3 is 2.83 bits per heavy atom. The number of aromatic nitrogens is 3. The molecular weight excluding hydrogens is 224 g/mol. The summed E-state index contributed by atoms with van der Waals surface area (Å²) in [4.78, 5) is 11.7. The zero-order valence-electron chi connectivity index (χ0n) is 11.3. The van der Waals surface area contributed by atoms with E-state index in [1.807, 2.05) is 14.0 Å². The van der Waals surface area contributed by atoms with Crippen LogP contribution in [0.1, 0.15) is 32.0 Å². The average Bonchev–Trinajstić information content (AvgIpc) is 2.65. The van der Waals surface area contributed by atoms with Crippen molar-refractivity contribution in [1.29, 1.82) is 0 Å². The number of pyridine rings is 1. The maximum absolute atomic E-state index is 4.72. The Hall–Kier alpha value is -1.58. The molecule has 1 saturated heterocycles. The largest absolute Gasteiger partial charge is 0.354 e. The highest BCUT2D eigenvalue weighted by Gasteiger charge is 2.20. The zero-order chi connectivity index (χ0) is 12.7. The summed E-state index contributed by atoms with van der Waals surface area (Å²) in [5.74, 6) is 2.09. The molecule has 0 spiro atoms. The molecule has 1 fully saturated rings. The first-order valence-electron chi connectivity index (χ1n) is 6.73. The standard InChI is InChI=1S/C14H20N4/c1-10-6-4-5-9-18(10)13-8-7-12-14(16-13)15-11(2)17(12)3/h7-8,10H,4-6,9H2,1-3H3. The van der Waals surface area contributed by atoms with Gasteiger partial charge in [0.1, 0.15) is 11.6 Å². The van der Waals surface area contributed by atoms with Gasteiger partial charge in [0, 0.05) is 19.6 Å². The molecule has 18 heavy (non-hydrogen) atoms. The van der Waals surface area contributed by atoms with E-state index in [1.165, 1.54) is 19.3 Å². The molecule has 1 aliphatic rings. The lowest BCUT2D eigenvalue weighted by Gasteiger charge is -2.34. The van der Waals surface area contributed by atoms with Crippen molar-refractivity contribution >= 4 is 17.0 Å². The quantitative estimate of drug-likeness (QED) is 0.773. The molecule has 2 aromatic heterocycles. The predicted octanol–water partition coefficient (Wildman–Crippen LogP) is 2.66. The second-order valence-electron chi connectivity index (χ2n) is 5.27. The van der Waals surface area contributed by atoms with E-state index in [9.17, 15) is 0 Å². The number of aryl methyl sites for hydroxylation is 2. The van der Waals surface area contributed by atoms with E-state index < -0.39 is 0 Å². The molecule has 3 rings (SSSR count). The highest BCUT2D eigenvalue weighted by molar-refractivity contribution is 5.74. The van der Waals surface area contributed by atoms with Gasteiger partial charge in [-0.2, -0.15) is 0 Å². The highest BCUT2D eigenvalue weighted by Crippen LogP contribution is 2.24. The minimum absolute atomic E-state index is 0.591. The van der Waals surface area contributed by atoms with Crippen molar-refractivity contribution in [1.82, 2.24) is 14.5 Å². The van der Waals surface area contributed by atoms with Gasteiger partial charge >= 0.3 is 0 Å².